The van der Waals surface area contributed by atoms with Crippen LogP contribution in [0, 0.1) is 0 Å². The van der Waals surface area contributed by atoms with Gasteiger partial charge in [-0.15, -0.1) is 10.2 Å². The van der Waals surface area contributed by atoms with Crippen molar-refractivity contribution >= 4 is 5.91 Å². The maximum atomic E-state index is 11.6. The van der Waals surface area contributed by atoms with Crippen LogP contribution in [-0.4, -0.2) is 39.2 Å². The van der Waals surface area contributed by atoms with Crippen molar-refractivity contribution in [1.29, 1.82) is 0 Å². The Labute approximate surface area is 86.6 Å². The van der Waals surface area contributed by atoms with E-state index in [2.05, 4.69) is 25.9 Å². The molecule has 0 saturated carbocycles. The molecule has 1 aliphatic heterocycles. The smallest absolute Gasteiger partial charge is 0.249 e. The number of hydrogen-bond donors (Lipinski definition) is 2. The van der Waals surface area contributed by atoms with Gasteiger partial charge in [0.05, 0.1) is 6.04 Å². The summed E-state index contributed by atoms with van der Waals surface area (Å²) in [6, 6.07) is -0.250. The first-order valence-corrected chi connectivity index (χ1v) is 4.92. The van der Waals surface area contributed by atoms with Gasteiger partial charge < -0.3 is 10.1 Å². The Bertz CT molecular complexity index is 320. The molecule has 1 aromatic rings. The highest BCUT2D eigenvalue weighted by Crippen LogP contribution is 2.13. The summed E-state index contributed by atoms with van der Waals surface area (Å²) < 4.78 is 5.26. The average Bonchev–Trinajstić information content (AvgIpc) is 2.91. The van der Waals surface area contributed by atoms with Gasteiger partial charge in [-0.3, -0.25) is 4.79 Å². The van der Waals surface area contributed by atoms with Gasteiger partial charge in [-0.25, -0.2) is 0 Å². The van der Waals surface area contributed by atoms with Crippen LogP contribution in [0.3, 0.4) is 0 Å². The average molecular weight is 211 g/mol. The quantitative estimate of drug-likeness (QED) is 0.706. The lowest BCUT2D eigenvalue weighted by Gasteiger charge is -2.13. The Morgan fingerprint density at radius 3 is 3.20 bits per heavy atom. The Morgan fingerprint density at radius 2 is 2.60 bits per heavy atom. The molecule has 1 saturated heterocycles. The lowest BCUT2D eigenvalue weighted by Crippen LogP contribution is -2.36. The van der Waals surface area contributed by atoms with Crippen molar-refractivity contribution in [2.75, 3.05) is 6.61 Å². The maximum absolute atomic E-state index is 11.6. The molecule has 7 heteroatoms. The number of tetrazole rings is 1. The first-order chi connectivity index (χ1) is 7.27. The van der Waals surface area contributed by atoms with E-state index in [9.17, 15) is 4.79 Å². The van der Waals surface area contributed by atoms with E-state index in [0.717, 1.165) is 12.8 Å². The van der Waals surface area contributed by atoms with Crippen molar-refractivity contribution in [2.24, 2.45) is 0 Å². The lowest BCUT2D eigenvalue weighted by molar-refractivity contribution is -0.130. The van der Waals surface area contributed by atoms with Crippen LogP contribution in [0.1, 0.15) is 31.6 Å². The number of amides is 1. The van der Waals surface area contributed by atoms with Crippen molar-refractivity contribution in [3.63, 3.8) is 0 Å². The van der Waals surface area contributed by atoms with Crippen LogP contribution >= 0.6 is 0 Å². The van der Waals surface area contributed by atoms with E-state index >= 15 is 0 Å². The summed E-state index contributed by atoms with van der Waals surface area (Å²) in [5, 5.41) is 16.1. The molecule has 82 valence electrons. The molecule has 2 N–H and O–H groups in total. The Hall–Kier alpha value is -1.50. The lowest BCUT2D eigenvalue weighted by atomic mass is 10.2. The number of hydrogen-bond acceptors (Lipinski definition) is 5. The zero-order valence-corrected chi connectivity index (χ0v) is 8.43. The minimum absolute atomic E-state index is 0.107. The number of nitrogens with one attached hydrogen (secondary N) is 2. The topological polar surface area (TPSA) is 92.8 Å². The van der Waals surface area contributed by atoms with E-state index < -0.39 is 0 Å². The summed E-state index contributed by atoms with van der Waals surface area (Å²) in [6.45, 7) is 2.46. The molecule has 1 aliphatic rings. The summed E-state index contributed by atoms with van der Waals surface area (Å²) in [5.41, 5.74) is 0. The highest BCUT2D eigenvalue weighted by Gasteiger charge is 2.25. The molecule has 0 aromatic carbocycles. The minimum Gasteiger partial charge on any atom is -0.368 e. The monoisotopic (exact) mass is 211 g/mol. The SMILES string of the molecule is CC(NC(=O)[C@H]1CCCO1)c1nn[nH]n1. The summed E-state index contributed by atoms with van der Waals surface area (Å²) in [7, 11) is 0. The highest BCUT2D eigenvalue weighted by molar-refractivity contribution is 5.81. The van der Waals surface area contributed by atoms with Crippen LogP contribution in [0.25, 0.3) is 0 Å². The second kappa shape index (κ2) is 4.35. The molecule has 1 aromatic heterocycles. The molecule has 0 spiro atoms. The molecule has 15 heavy (non-hydrogen) atoms. The van der Waals surface area contributed by atoms with E-state index in [1.54, 1.807) is 6.92 Å². The van der Waals surface area contributed by atoms with Crippen LogP contribution < -0.4 is 5.32 Å². The molecule has 2 rings (SSSR count). The Balaban J connectivity index is 1.88. The van der Waals surface area contributed by atoms with Gasteiger partial charge in [-0.05, 0) is 19.8 Å². The predicted octanol–water partition coefficient (Wildman–Crippen LogP) is -0.444. The number of H-pyrrole nitrogens is 1. The summed E-state index contributed by atoms with van der Waals surface area (Å²) in [4.78, 5) is 11.6. The maximum Gasteiger partial charge on any atom is 0.249 e. The molecular weight excluding hydrogens is 198 g/mol. The van der Waals surface area contributed by atoms with Crippen LogP contribution in [0.15, 0.2) is 0 Å². The van der Waals surface area contributed by atoms with Gasteiger partial charge in [-0.1, -0.05) is 5.21 Å². The number of carbonyl (C=O) groups is 1. The standard InChI is InChI=1S/C8H13N5O2/c1-5(7-10-12-13-11-7)9-8(14)6-3-2-4-15-6/h5-6H,2-4H2,1H3,(H,9,14)(H,10,11,12,13)/t5?,6-/m1/s1. The zero-order valence-electron chi connectivity index (χ0n) is 8.43. The Kier molecular flexibility index (Phi) is 2.91. The van der Waals surface area contributed by atoms with E-state index in [-0.39, 0.29) is 18.1 Å². The zero-order chi connectivity index (χ0) is 10.7. The first kappa shape index (κ1) is 10.0. The Morgan fingerprint density at radius 1 is 1.73 bits per heavy atom. The van der Waals surface area contributed by atoms with Crippen LogP contribution in [0.2, 0.25) is 0 Å². The third-order valence-corrected chi connectivity index (χ3v) is 2.33. The summed E-state index contributed by atoms with van der Waals surface area (Å²) >= 11 is 0. The van der Waals surface area contributed by atoms with E-state index in [1.165, 1.54) is 0 Å². The fraction of sp³-hybridized carbons (Fsp3) is 0.750. The number of ether oxygens (including phenoxy) is 1. The third-order valence-electron chi connectivity index (χ3n) is 2.33. The molecule has 0 bridgehead atoms. The van der Waals surface area contributed by atoms with Gasteiger partial charge in [0, 0.05) is 6.61 Å². The van der Waals surface area contributed by atoms with Crippen molar-refractivity contribution in [2.45, 2.75) is 31.9 Å². The molecule has 1 amide bonds. The number of aromatic nitrogens is 4. The highest BCUT2D eigenvalue weighted by atomic mass is 16.5. The van der Waals surface area contributed by atoms with Crippen LogP contribution in [0.5, 0.6) is 0 Å². The molecule has 0 radical (unpaired) electrons. The van der Waals surface area contributed by atoms with Gasteiger partial charge in [0.2, 0.25) is 5.91 Å². The number of aromatic amines is 1. The fourth-order valence-electron chi connectivity index (χ4n) is 1.51. The van der Waals surface area contributed by atoms with Crippen molar-refractivity contribution in [3.05, 3.63) is 5.82 Å². The normalized spacial score (nSPS) is 22.6. The van der Waals surface area contributed by atoms with E-state index in [0.29, 0.717) is 12.4 Å². The minimum atomic E-state index is -0.320. The van der Waals surface area contributed by atoms with Crippen molar-refractivity contribution in [3.8, 4) is 0 Å². The largest absolute Gasteiger partial charge is 0.368 e. The van der Waals surface area contributed by atoms with Crippen LogP contribution in [-0.2, 0) is 9.53 Å². The van der Waals surface area contributed by atoms with E-state index in [4.69, 9.17) is 4.74 Å². The predicted molar refractivity (Wildman–Crippen MR) is 49.7 cm³/mol. The van der Waals surface area contributed by atoms with Crippen molar-refractivity contribution in [1.82, 2.24) is 25.9 Å². The van der Waals surface area contributed by atoms with Gasteiger partial charge in [-0.2, -0.15) is 5.21 Å². The second-order valence-electron chi connectivity index (χ2n) is 3.50. The molecular formula is C8H13N5O2. The second-order valence-corrected chi connectivity index (χ2v) is 3.50. The molecule has 2 atom stereocenters. The number of nitrogens with zero attached hydrogens (tertiary/aromatic N) is 3. The molecule has 7 nitrogen and oxygen atoms in total. The number of rotatable bonds is 3. The van der Waals surface area contributed by atoms with Gasteiger partial charge in [0.1, 0.15) is 6.10 Å². The first-order valence-electron chi connectivity index (χ1n) is 4.92. The van der Waals surface area contributed by atoms with Crippen LogP contribution in [0.4, 0.5) is 0 Å². The van der Waals surface area contributed by atoms with Gasteiger partial charge in [0.15, 0.2) is 5.82 Å². The van der Waals surface area contributed by atoms with Gasteiger partial charge >= 0.3 is 0 Å². The fourth-order valence-corrected chi connectivity index (χ4v) is 1.51. The molecule has 0 aliphatic carbocycles. The molecule has 1 fully saturated rings. The summed E-state index contributed by atoms with van der Waals surface area (Å²) in [5.74, 6) is 0.367. The third kappa shape index (κ3) is 2.30. The molecule has 2 heterocycles. The van der Waals surface area contributed by atoms with E-state index in [1.807, 2.05) is 0 Å². The molecule has 1 unspecified atom stereocenters. The van der Waals surface area contributed by atoms with Crippen molar-refractivity contribution < 1.29 is 9.53 Å². The van der Waals surface area contributed by atoms with Gasteiger partial charge in [0.25, 0.3) is 0 Å². The number of carbonyl (C=O) groups excluding carboxylic acids is 1. The summed E-state index contributed by atoms with van der Waals surface area (Å²) in [6.07, 6.45) is 1.40.